The molecule has 3 N–H and O–H groups in total. The molecule has 4 rings (SSSR count). The zero-order valence-corrected chi connectivity index (χ0v) is 26.2. The number of nitrogens with one attached hydrogen (secondary N) is 3. The predicted octanol–water partition coefficient (Wildman–Crippen LogP) is 6.64. The third kappa shape index (κ3) is 8.69. The number of benzene rings is 2. The lowest BCUT2D eigenvalue weighted by atomic mass is 10.0. The fraction of sp³-hybridized carbons (Fsp3) is 0.419. The van der Waals surface area contributed by atoms with Gasteiger partial charge in [-0.1, -0.05) is 12.0 Å². The second-order valence-corrected chi connectivity index (χ2v) is 12.2. The molecule has 2 atom stereocenters. The van der Waals surface area contributed by atoms with Crippen LogP contribution in [0.15, 0.2) is 45.7 Å². The monoisotopic (exact) mass is 650 g/mol. The van der Waals surface area contributed by atoms with Crippen LogP contribution in [0.5, 0.6) is 5.75 Å². The largest absolute Gasteiger partial charge is 0.495 e. The Morgan fingerprint density at radius 3 is 2.56 bits per heavy atom. The molecular weight excluding hydrogens is 616 g/mol. The summed E-state index contributed by atoms with van der Waals surface area (Å²) in [5, 5.41) is 8.78. The third-order valence-corrected chi connectivity index (χ3v) is 7.52. The van der Waals surface area contributed by atoms with E-state index in [1.165, 1.54) is 25.1 Å². The van der Waals surface area contributed by atoms with Gasteiger partial charge in [0.15, 0.2) is 11.3 Å². The Labute approximate surface area is 262 Å². The summed E-state index contributed by atoms with van der Waals surface area (Å²) < 4.78 is 72.5. The van der Waals surface area contributed by atoms with Gasteiger partial charge in [0.05, 0.1) is 42.5 Å². The van der Waals surface area contributed by atoms with Crippen molar-refractivity contribution in [2.45, 2.75) is 55.4 Å². The number of methoxy groups -OCH3 is 1. The van der Waals surface area contributed by atoms with Gasteiger partial charge >= 0.3 is 11.6 Å². The molecule has 3 aromatic rings. The number of hydrogen-bond donors (Lipinski definition) is 3. The number of alkyl halides is 4. The second-order valence-electron chi connectivity index (χ2n) is 11.1. The molecule has 1 saturated heterocycles. The van der Waals surface area contributed by atoms with Crippen molar-refractivity contribution in [2.75, 3.05) is 44.4 Å². The summed E-state index contributed by atoms with van der Waals surface area (Å²) in [5.41, 5.74) is -4.01. The van der Waals surface area contributed by atoms with Gasteiger partial charge in [-0.2, -0.15) is 13.2 Å². The van der Waals surface area contributed by atoms with Crippen molar-refractivity contribution in [1.29, 1.82) is 0 Å². The highest BCUT2D eigenvalue weighted by Crippen LogP contribution is 2.45. The number of likely N-dealkylation sites (tertiary alicyclic amines) is 1. The number of anilines is 2. The van der Waals surface area contributed by atoms with Crippen molar-refractivity contribution in [2.24, 2.45) is 0 Å². The number of carbonyl (C=O) groups excluding carboxylic acids is 2. The average Bonchev–Trinajstić information content (AvgIpc) is 3.31. The Hall–Kier alpha value is -4.25. The molecule has 0 bridgehead atoms. The van der Waals surface area contributed by atoms with Gasteiger partial charge in [0.1, 0.15) is 17.5 Å². The Balaban J connectivity index is 1.54. The fourth-order valence-corrected chi connectivity index (χ4v) is 5.34. The molecule has 14 heteroatoms. The number of fused-ring (bicyclic) bond motifs is 1. The summed E-state index contributed by atoms with van der Waals surface area (Å²) in [6, 6.07) is 8.67. The first-order chi connectivity index (χ1) is 21.2. The van der Waals surface area contributed by atoms with E-state index in [1.807, 2.05) is 0 Å². The molecule has 2 heterocycles. The van der Waals surface area contributed by atoms with Crippen LogP contribution in [0.4, 0.5) is 33.7 Å². The first-order valence-corrected chi connectivity index (χ1v) is 14.8. The fourth-order valence-electron chi connectivity index (χ4n) is 4.66. The van der Waals surface area contributed by atoms with Crippen molar-refractivity contribution in [3.05, 3.63) is 47.7 Å². The molecule has 0 radical (unpaired) electrons. The quantitative estimate of drug-likeness (QED) is 0.149. The van der Waals surface area contributed by atoms with Gasteiger partial charge in [-0.25, -0.2) is 9.18 Å². The normalized spacial score (nSPS) is 16.9. The number of para-hydroxylation sites is 1. The van der Waals surface area contributed by atoms with Crippen LogP contribution in [0, 0.1) is 11.8 Å². The number of rotatable bonds is 7. The SMILES string of the molecule is CNC(=O)c1ccc(NCC#Cc2oc3c(N[C@@H]4CCN(C(=O)OC(C)(C)C)C[C@@H]4F)cccc3c2SC(F)(F)F)c(OC)c1. The first kappa shape index (κ1) is 33.6. The molecular formula is C31H34F4N4O5S. The summed E-state index contributed by atoms with van der Waals surface area (Å²) >= 11 is -0.341. The molecule has 0 spiro atoms. The minimum Gasteiger partial charge on any atom is -0.495 e. The summed E-state index contributed by atoms with van der Waals surface area (Å²) in [6.07, 6.45) is -1.83. The number of amides is 2. The van der Waals surface area contributed by atoms with Crippen LogP contribution in [-0.2, 0) is 4.74 Å². The molecule has 2 amide bonds. The molecule has 0 unspecified atom stereocenters. The lowest BCUT2D eigenvalue weighted by Crippen LogP contribution is -2.51. The number of carbonyl (C=O) groups is 2. The Morgan fingerprint density at radius 1 is 1.16 bits per heavy atom. The standard InChI is InChI=1S/C31H34F4N4O5S/c1-30(2,3)44-29(41)39-15-13-21(20(32)17-39)38-23-9-6-8-19-26(23)43-24(27(19)45-31(33,34)35)10-7-14-37-22-12-11-18(28(40)36-4)16-25(22)42-5/h6,8-9,11-12,16,20-21,37-38H,13-15,17H2,1-5H3,(H,36,40)/t20-,21+/m0/s1. The van der Waals surface area contributed by atoms with Crippen molar-refractivity contribution in [1.82, 2.24) is 10.2 Å². The molecule has 0 aliphatic carbocycles. The zero-order chi connectivity index (χ0) is 32.9. The zero-order valence-electron chi connectivity index (χ0n) is 25.4. The number of thioether (sulfide) groups is 1. The van der Waals surface area contributed by atoms with E-state index in [9.17, 15) is 22.8 Å². The van der Waals surface area contributed by atoms with E-state index in [0.717, 1.165) is 0 Å². The van der Waals surface area contributed by atoms with E-state index in [2.05, 4.69) is 27.8 Å². The minimum atomic E-state index is -4.62. The smallest absolute Gasteiger partial charge is 0.446 e. The van der Waals surface area contributed by atoms with E-state index in [-0.39, 0.29) is 65.3 Å². The van der Waals surface area contributed by atoms with E-state index < -0.39 is 29.4 Å². The third-order valence-electron chi connectivity index (χ3n) is 6.68. The van der Waals surface area contributed by atoms with Gasteiger partial charge in [0, 0.05) is 24.5 Å². The van der Waals surface area contributed by atoms with E-state index in [1.54, 1.807) is 51.1 Å². The predicted molar refractivity (Wildman–Crippen MR) is 165 cm³/mol. The Bertz CT molecular complexity index is 1610. The van der Waals surface area contributed by atoms with Gasteiger partial charge in [0.25, 0.3) is 5.91 Å². The van der Waals surface area contributed by atoms with Gasteiger partial charge in [-0.3, -0.25) is 4.79 Å². The molecule has 1 fully saturated rings. The molecule has 1 aliphatic heterocycles. The van der Waals surface area contributed by atoms with Gasteiger partial charge in [0.2, 0.25) is 0 Å². The molecule has 9 nitrogen and oxygen atoms in total. The van der Waals surface area contributed by atoms with Crippen LogP contribution in [0.3, 0.4) is 0 Å². The summed E-state index contributed by atoms with van der Waals surface area (Å²) in [7, 11) is 2.95. The first-order valence-electron chi connectivity index (χ1n) is 14.0. The van der Waals surface area contributed by atoms with E-state index in [0.29, 0.717) is 22.7 Å². The van der Waals surface area contributed by atoms with Crippen molar-refractivity contribution in [3.8, 4) is 17.6 Å². The highest BCUT2D eigenvalue weighted by molar-refractivity contribution is 8.00. The number of hydrogen-bond acceptors (Lipinski definition) is 8. The number of piperidine rings is 1. The minimum absolute atomic E-state index is 0.0215. The summed E-state index contributed by atoms with van der Waals surface area (Å²) in [4.78, 5) is 25.4. The number of halogens is 4. The highest BCUT2D eigenvalue weighted by atomic mass is 32.2. The molecule has 1 aliphatic rings. The van der Waals surface area contributed by atoms with Crippen molar-refractivity contribution >= 4 is 46.1 Å². The molecule has 2 aromatic carbocycles. The van der Waals surface area contributed by atoms with E-state index in [4.69, 9.17) is 13.9 Å². The van der Waals surface area contributed by atoms with Gasteiger partial charge < -0.3 is 34.7 Å². The molecule has 45 heavy (non-hydrogen) atoms. The van der Waals surface area contributed by atoms with Crippen LogP contribution in [0.1, 0.15) is 43.3 Å². The van der Waals surface area contributed by atoms with Crippen molar-refractivity contribution < 1.29 is 41.0 Å². The van der Waals surface area contributed by atoms with E-state index >= 15 is 4.39 Å². The number of nitrogens with zero attached hydrogens (tertiary/aromatic N) is 1. The maximum Gasteiger partial charge on any atom is 0.446 e. The maximum atomic E-state index is 15.2. The second kappa shape index (κ2) is 13.8. The van der Waals surface area contributed by atoms with Crippen LogP contribution in [0.2, 0.25) is 0 Å². The van der Waals surface area contributed by atoms with Crippen LogP contribution >= 0.6 is 11.8 Å². The van der Waals surface area contributed by atoms with Crippen LogP contribution in [-0.4, -0.2) is 74.0 Å². The topological polar surface area (TPSA) is 105 Å². The molecule has 242 valence electrons. The summed E-state index contributed by atoms with van der Waals surface area (Å²) in [5.74, 6) is 5.36. The van der Waals surface area contributed by atoms with Gasteiger partial charge in [-0.15, -0.1) is 0 Å². The Morgan fingerprint density at radius 2 is 1.91 bits per heavy atom. The van der Waals surface area contributed by atoms with Crippen LogP contribution in [0.25, 0.3) is 11.0 Å². The summed E-state index contributed by atoms with van der Waals surface area (Å²) in [6.45, 7) is 5.23. The maximum absolute atomic E-state index is 15.2. The average molecular weight is 651 g/mol. The van der Waals surface area contributed by atoms with Crippen molar-refractivity contribution in [3.63, 3.8) is 0 Å². The van der Waals surface area contributed by atoms with Crippen LogP contribution < -0.4 is 20.7 Å². The molecule has 1 aromatic heterocycles. The number of ether oxygens (including phenoxy) is 2. The highest BCUT2D eigenvalue weighted by Gasteiger charge is 2.36. The van der Waals surface area contributed by atoms with Gasteiger partial charge in [-0.05, 0) is 75.2 Å². The Kier molecular flexibility index (Phi) is 10.3. The lowest BCUT2D eigenvalue weighted by Gasteiger charge is -2.36. The molecule has 0 saturated carbocycles. The number of furan rings is 1. The lowest BCUT2D eigenvalue weighted by molar-refractivity contribution is -0.0328.